The molecule has 0 aliphatic carbocycles. The van der Waals surface area contributed by atoms with Gasteiger partial charge in [0.2, 0.25) is 11.9 Å². The molecule has 2 saturated heterocycles. The zero-order chi connectivity index (χ0) is 24.3. The van der Waals surface area contributed by atoms with Crippen LogP contribution in [0.1, 0.15) is 24.0 Å². The van der Waals surface area contributed by atoms with Gasteiger partial charge in [-0.1, -0.05) is 18.2 Å². The van der Waals surface area contributed by atoms with Gasteiger partial charge in [0, 0.05) is 55.2 Å². The lowest BCUT2D eigenvalue weighted by Gasteiger charge is -2.34. The Labute approximate surface area is 211 Å². The third-order valence-electron chi connectivity index (χ3n) is 7.38. The monoisotopic (exact) mass is 484 g/mol. The average molecular weight is 485 g/mol. The molecule has 2 aromatic carbocycles. The van der Waals surface area contributed by atoms with E-state index in [1.54, 1.807) is 6.20 Å². The molecule has 0 atom stereocenters. The normalized spacial score (nSPS) is 22.2. The van der Waals surface area contributed by atoms with Gasteiger partial charge in [0.25, 0.3) is 0 Å². The number of anilines is 3. The van der Waals surface area contributed by atoms with Crippen molar-refractivity contribution in [3.63, 3.8) is 0 Å². The fourth-order valence-electron chi connectivity index (χ4n) is 5.38. The minimum absolute atomic E-state index is 0.0689. The van der Waals surface area contributed by atoms with Crippen LogP contribution in [0, 0.1) is 5.92 Å². The molecule has 0 radical (unpaired) electrons. The van der Waals surface area contributed by atoms with E-state index >= 15 is 0 Å². The summed E-state index contributed by atoms with van der Waals surface area (Å²) in [6.07, 6.45) is 3.55. The van der Waals surface area contributed by atoms with Crippen LogP contribution in [0.4, 0.5) is 17.3 Å². The first-order valence-corrected chi connectivity index (χ1v) is 12.9. The SMILES string of the molecule is O=C1NCc2cccc(c2)-c2ccnc(n2)Nc2ccc(N3CCOCC3)c(c2)CN2CCC1CC2. The molecular formula is C28H32N6O2. The van der Waals surface area contributed by atoms with Crippen molar-refractivity contribution in [2.45, 2.75) is 25.9 Å². The third-order valence-corrected chi connectivity index (χ3v) is 7.38. The molecule has 2 N–H and O–H groups in total. The van der Waals surface area contributed by atoms with E-state index < -0.39 is 0 Å². The molecule has 0 spiro atoms. The number of piperidine rings is 1. The molecule has 2 fully saturated rings. The number of ether oxygens (including phenoxy) is 1. The molecule has 186 valence electrons. The van der Waals surface area contributed by atoms with E-state index in [0.29, 0.717) is 12.5 Å². The van der Waals surface area contributed by atoms with Crippen molar-refractivity contribution in [1.82, 2.24) is 20.2 Å². The number of carbonyl (C=O) groups is 1. The lowest BCUT2D eigenvalue weighted by molar-refractivity contribution is -0.126. The largest absolute Gasteiger partial charge is 0.378 e. The van der Waals surface area contributed by atoms with Crippen molar-refractivity contribution in [2.24, 2.45) is 5.92 Å². The number of aromatic nitrogens is 2. The Morgan fingerprint density at radius 3 is 2.69 bits per heavy atom. The maximum absolute atomic E-state index is 12.9. The number of morpholine rings is 1. The van der Waals surface area contributed by atoms with Crippen molar-refractivity contribution in [3.05, 3.63) is 65.9 Å². The number of nitrogens with one attached hydrogen (secondary N) is 2. The summed E-state index contributed by atoms with van der Waals surface area (Å²) in [5, 5.41) is 6.60. The van der Waals surface area contributed by atoms with Gasteiger partial charge < -0.3 is 20.3 Å². The first kappa shape index (κ1) is 22.9. The molecule has 0 unspecified atom stereocenters. The summed E-state index contributed by atoms with van der Waals surface area (Å²) in [4.78, 5) is 27.1. The van der Waals surface area contributed by atoms with Gasteiger partial charge in [0.15, 0.2) is 0 Å². The third kappa shape index (κ3) is 5.05. The number of hydrogen-bond donors (Lipinski definition) is 2. The highest BCUT2D eigenvalue weighted by atomic mass is 16.5. The van der Waals surface area contributed by atoms with E-state index in [9.17, 15) is 4.79 Å². The summed E-state index contributed by atoms with van der Waals surface area (Å²) in [5.74, 6) is 0.795. The fraction of sp³-hybridized carbons (Fsp3) is 0.393. The number of benzene rings is 2. The topological polar surface area (TPSA) is 82.6 Å². The summed E-state index contributed by atoms with van der Waals surface area (Å²) in [5.41, 5.74) is 6.42. The molecular weight excluding hydrogens is 452 g/mol. The molecule has 8 bridgehead atoms. The van der Waals surface area contributed by atoms with Gasteiger partial charge >= 0.3 is 0 Å². The van der Waals surface area contributed by atoms with Crippen LogP contribution in [0.15, 0.2) is 54.7 Å². The van der Waals surface area contributed by atoms with Crippen LogP contribution in [-0.2, 0) is 22.6 Å². The molecule has 1 aromatic heterocycles. The second-order valence-corrected chi connectivity index (χ2v) is 9.80. The Hall–Kier alpha value is -3.49. The van der Waals surface area contributed by atoms with Crippen LogP contribution >= 0.6 is 0 Å². The predicted octanol–water partition coefficient (Wildman–Crippen LogP) is 3.57. The number of rotatable bonds is 1. The van der Waals surface area contributed by atoms with E-state index in [2.05, 4.69) is 49.7 Å². The Morgan fingerprint density at radius 1 is 0.972 bits per heavy atom. The number of carbonyl (C=O) groups excluding carboxylic acids is 1. The van der Waals surface area contributed by atoms with Crippen LogP contribution in [0.3, 0.4) is 0 Å². The van der Waals surface area contributed by atoms with Gasteiger partial charge in [0.1, 0.15) is 0 Å². The highest BCUT2D eigenvalue weighted by molar-refractivity contribution is 5.78. The summed E-state index contributed by atoms with van der Waals surface area (Å²) in [6.45, 7) is 6.50. The Bertz CT molecular complexity index is 1230. The summed E-state index contributed by atoms with van der Waals surface area (Å²) in [7, 11) is 0. The van der Waals surface area contributed by atoms with E-state index in [4.69, 9.17) is 9.72 Å². The smallest absolute Gasteiger partial charge is 0.227 e. The van der Waals surface area contributed by atoms with Crippen LogP contribution in [-0.4, -0.2) is 60.2 Å². The predicted molar refractivity (Wildman–Crippen MR) is 140 cm³/mol. The van der Waals surface area contributed by atoms with Gasteiger partial charge in [-0.2, -0.15) is 0 Å². The molecule has 36 heavy (non-hydrogen) atoms. The van der Waals surface area contributed by atoms with Gasteiger partial charge in [-0.15, -0.1) is 0 Å². The minimum atomic E-state index is 0.0689. The molecule has 4 aliphatic rings. The summed E-state index contributed by atoms with van der Waals surface area (Å²) >= 11 is 0. The van der Waals surface area contributed by atoms with Crippen LogP contribution in [0.25, 0.3) is 11.3 Å². The Kier molecular flexibility index (Phi) is 6.53. The summed E-state index contributed by atoms with van der Waals surface area (Å²) < 4.78 is 5.59. The molecule has 5 heterocycles. The van der Waals surface area contributed by atoms with Gasteiger partial charge in [-0.05, 0) is 67.4 Å². The molecule has 0 saturated carbocycles. The van der Waals surface area contributed by atoms with Crippen molar-refractivity contribution >= 4 is 23.2 Å². The molecule has 8 heteroatoms. The number of nitrogens with zero attached hydrogens (tertiary/aromatic N) is 4. The summed E-state index contributed by atoms with van der Waals surface area (Å²) in [6, 6.07) is 16.6. The average Bonchev–Trinajstić information content (AvgIpc) is 2.93. The first-order valence-electron chi connectivity index (χ1n) is 12.9. The first-order chi connectivity index (χ1) is 17.7. The lowest BCUT2D eigenvalue weighted by Crippen LogP contribution is -2.41. The molecule has 4 aliphatic heterocycles. The maximum atomic E-state index is 12.9. The van der Waals surface area contributed by atoms with Crippen molar-refractivity contribution in [1.29, 1.82) is 0 Å². The van der Waals surface area contributed by atoms with E-state index in [1.165, 1.54) is 11.3 Å². The van der Waals surface area contributed by atoms with Crippen LogP contribution in [0.5, 0.6) is 0 Å². The molecule has 3 aromatic rings. The van der Waals surface area contributed by atoms with Gasteiger partial charge in [-0.3, -0.25) is 9.69 Å². The number of amides is 1. The van der Waals surface area contributed by atoms with Crippen molar-refractivity contribution < 1.29 is 9.53 Å². The quantitative estimate of drug-likeness (QED) is 0.547. The van der Waals surface area contributed by atoms with Gasteiger partial charge in [0.05, 0.1) is 18.9 Å². The Balaban J connectivity index is 1.37. The lowest BCUT2D eigenvalue weighted by atomic mass is 9.95. The zero-order valence-electron chi connectivity index (χ0n) is 20.4. The van der Waals surface area contributed by atoms with E-state index in [1.807, 2.05) is 24.3 Å². The zero-order valence-corrected chi connectivity index (χ0v) is 20.4. The minimum Gasteiger partial charge on any atom is -0.378 e. The second-order valence-electron chi connectivity index (χ2n) is 9.80. The van der Waals surface area contributed by atoms with E-state index in [0.717, 1.165) is 81.3 Å². The van der Waals surface area contributed by atoms with Crippen LogP contribution in [0.2, 0.25) is 0 Å². The second kappa shape index (κ2) is 10.2. The standard InChI is InChI=1S/C28H32N6O2/c35-27-21-7-10-33(11-8-21)19-23-17-24(4-5-26(23)34-12-14-36-15-13-34)31-28-29-9-6-25(32-28)22-3-1-2-20(16-22)18-30-27/h1-6,9,16-17,21H,7-8,10-15,18-19H2,(H,30,35)(H,29,31,32). The molecule has 8 nitrogen and oxygen atoms in total. The number of hydrogen-bond acceptors (Lipinski definition) is 7. The highest BCUT2D eigenvalue weighted by Crippen LogP contribution is 2.30. The van der Waals surface area contributed by atoms with E-state index in [-0.39, 0.29) is 11.8 Å². The van der Waals surface area contributed by atoms with Crippen LogP contribution < -0.4 is 15.5 Å². The van der Waals surface area contributed by atoms with Gasteiger partial charge in [-0.25, -0.2) is 9.97 Å². The highest BCUT2D eigenvalue weighted by Gasteiger charge is 2.26. The number of fused-ring (bicyclic) bond motifs is 4. The molecule has 7 rings (SSSR count). The maximum Gasteiger partial charge on any atom is 0.227 e. The Morgan fingerprint density at radius 2 is 1.83 bits per heavy atom. The van der Waals surface area contributed by atoms with Crippen molar-refractivity contribution in [2.75, 3.05) is 49.6 Å². The molecule has 1 amide bonds. The van der Waals surface area contributed by atoms with Crippen molar-refractivity contribution in [3.8, 4) is 11.3 Å². The fourth-order valence-corrected chi connectivity index (χ4v) is 5.38.